The summed E-state index contributed by atoms with van der Waals surface area (Å²) in [5.74, 6) is 3.24. The topological polar surface area (TPSA) is 29.5 Å². The molecule has 2 fully saturated rings. The predicted octanol–water partition coefficient (Wildman–Crippen LogP) is 3.55. The van der Waals surface area contributed by atoms with Crippen molar-refractivity contribution < 1.29 is 9.84 Å². The Morgan fingerprint density at radius 2 is 1.83 bits per heavy atom. The Morgan fingerprint density at radius 1 is 1.17 bits per heavy atom. The van der Waals surface area contributed by atoms with E-state index in [1.54, 1.807) is 0 Å². The lowest BCUT2D eigenvalue weighted by atomic mass is 9.92. The monoisotopic (exact) mass is 246 g/mol. The summed E-state index contributed by atoms with van der Waals surface area (Å²) >= 11 is 0. The van der Waals surface area contributed by atoms with E-state index in [1.165, 1.54) is 19.3 Å². The van der Waals surface area contributed by atoms with Crippen LogP contribution in [0.3, 0.4) is 0 Å². The second kappa shape index (κ2) is 4.93. The number of rotatable bonds is 5. The lowest BCUT2D eigenvalue weighted by Crippen LogP contribution is -2.10. The first kappa shape index (κ1) is 12.0. The zero-order valence-electron chi connectivity index (χ0n) is 11.0. The van der Waals surface area contributed by atoms with Crippen molar-refractivity contribution in [3.05, 3.63) is 29.8 Å². The highest BCUT2D eigenvalue weighted by atomic mass is 16.5. The molecule has 0 aromatic heterocycles. The van der Waals surface area contributed by atoms with Crippen LogP contribution >= 0.6 is 0 Å². The number of hydrogen-bond donors (Lipinski definition) is 1. The van der Waals surface area contributed by atoms with Crippen LogP contribution in [-0.4, -0.2) is 11.7 Å². The van der Waals surface area contributed by atoms with Gasteiger partial charge in [-0.05, 0) is 61.1 Å². The molecular weight excluding hydrogens is 224 g/mol. The van der Waals surface area contributed by atoms with E-state index in [4.69, 9.17) is 4.74 Å². The average molecular weight is 246 g/mol. The lowest BCUT2D eigenvalue weighted by molar-refractivity contribution is 0.104. The van der Waals surface area contributed by atoms with Crippen molar-refractivity contribution in [3.63, 3.8) is 0 Å². The maximum atomic E-state index is 10.4. The molecule has 0 saturated heterocycles. The van der Waals surface area contributed by atoms with Crippen molar-refractivity contribution in [2.45, 2.75) is 38.7 Å². The van der Waals surface area contributed by atoms with Crippen LogP contribution < -0.4 is 4.74 Å². The van der Waals surface area contributed by atoms with Gasteiger partial charge in [0.1, 0.15) is 5.75 Å². The van der Waals surface area contributed by atoms with Gasteiger partial charge in [0.25, 0.3) is 0 Å². The third kappa shape index (κ3) is 2.39. The number of fused-ring (bicyclic) bond motifs is 1. The van der Waals surface area contributed by atoms with E-state index < -0.39 is 0 Å². The van der Waals surface area contributed by atoms with Gasteiger partial charge in [0.2, 0.25) is 0 Å². The number of aliphatic hydroxyl groups is 1. The highest BCUT2D eigenvalue weighted by Gasteiger charge is 2.47. The number of benzene rings is 1. The van der Waals surface area contributed by atoms with Gasteiger partial charge in [-0.1, -0.05) is 19.1 Å². The number of hydrogen-bond acceptors (Lipinski definition) is 2. The van der Waals surface area contributed by atoms with Crippen LogP contribution in [0.2, 0.25) is 0 Å². The molecule has 0 bridgehead atoms. The van der Waals surface area contributed by atoms with Crippen molar-refractivity contribution in [3.8, 4) is 5.75 Å². The minimum atomic E-state index is -0.280. The van der Waals surface area contributed by atoms with E-state index in [1.807, 2.05) is 24.3 Å². The molecule has 18 heavy (non-hydrogen) atoms. The summed E-state index contributed by atoms with van der Waals surface area (Å²) in [5.41, 5.74) is 1.05. The van der Waals surface area contributed by atoms with Crippen molar-refractivity contribution >= 4 is 0 Å². The Bertz CT molecular complexity index is 388. The normalized spacial score (nSPS) is 30.9. The van der Waals surface area contributed by atoms with Gasteiger partial charge in [-0.15, -0.1) is 0 Å². The number of ether oxygens (including phenoxy) is 1. The van der Waals surface area contributed by atoms with Crippen molar-refractivity contribution in [2.75, 3.05) is 6.61 Å². The summed E-state index contributed by atoms with van der Waals surface area (Å²) in [6, 6.07) is 7.98. The Morgan fingerprint density at radius 3 is 2.44 bits per heavy atom. The fourth-order valence-electron chi connectivity index (χ4n) is 3.27. The Labute approximate surface area is 109 Å². The van der Waals surface area contributed by atoms with Gasteiger partial charge in [0.05, 0.1) is 12.7 Å². The molecular formula is C16H22O2. The molecule has 0 heterocycles. The summed E-state index contributed by atoms with van der Waals surface area (Å²) in [7, 11) is 0. The van der Waals surface area contributed by atoms with Crippen molar-refractivity contribution in [1.29, 1.82) is 0 Å². The molecule has 0 amide bonds. The molecule has 2 aliphatic carbocycles. The highest BCUT2D eigenvalue weighted by Crippen LogP contribution is 2.57. The summed E-state index contributed by atoms with van der Waals surface area (Å²) in [4.78, 5) is 0. The van der Waals surface area contributed by atoms with Crippen LogP contribution in [0.1, 0.15) is 44.3 Å². The maximum absolute atomic E-state index is 10.4. The van der Waals surface area contributed by atoms with Gasteiger partial charge in [-0.2, -0.15) is 0 Å². The fraction of sp³-hybridized carbons (Fsp3) is 0.625. The van der Waals surface area contributed by atoms with Gasteiger partial charge in [-0.25, -0.2) is 0 Å². The van der Waals surface area contributed by atoms with Crippen LogP contribution in [0.25, 0.3) is 0 Å². The summed E-state index contributed by atoms with van der Waals surface area (Å²) in [6.45, 7) is 2.86. The van der Waals surface area contributed by atoms with Crippen molar-refractivity contribution in [1.82, 2.24) is 0 Å². The predicted molar refractivity (Wildman–Crippen MR) is 71.5 cm³/mol. The first-order chi connectivity index (χ1) is 8.78. The minimum Gasteiger partial charge on any atom is -0.494 e. The SMILES string of the molecule is CCCOc1ccc(C(O)C2CC3CC3C2)cc1. The molecule has 1 aromatic rings. The Balaban J connectivity index is 1.61. The van der Waals surface area contributed by atoms with Crippen LogP contribution in [0.4, 0.5) is 0 Å². The summed E-state index contributed by atoms with van der Waals surface area (Å²) in [6.07, 6.45) is 4.60. The molecule has 3 rings (SSSR count). The van der Waals surface area contributed by atoms with Crippen LogP contribution in [-0.2, 0) is 0 Å². The van der Waals surface area contributed by atoms with Crippen LogP contribution in [0.15, 0.2) is 24.3 Å². The smallest absolute Gasteiger partial charge is 0.119 e. The fourth-order valence-corrected chi connectivity index (χ4v) is 3.27. The van der Waals surface area contributed by atoms with Gasteiger partial charge in [-0.3, -0.25) is 0 Å². The zero-order chi connectivity index (χ0) is 12.5. The Kier molecular flexibility index (Phi) is 3.29. The quantitative estimate of drug-likeness (QED) is 0.861. The Hall–Kier alpha value is -1.02. The second-order valence-corrected chi connectivity index (χ2v) is 5.85. The van der Waals surface area contributed by atoms with E-state index in [0.29, 0.717) is 5.92 Å². The molecule has 0 aliphatic heterocycles. The summed E-state index contributed by atoms with van der Waals surface area (Å²) in [5, 5.41) is 10.4. The molecule has 3 unspecified atom stereocenters. The first-order valence-electron chi connectivity index (χ1n) is 7.18. The van der Waals surface area contributed by atoms with Crippen molar-refractivity contribution in [2.24, 2.45) is 17.8 Å². The standard InChI is InChI=1S/C16H22O2/c1-2-7-18-15-5-3-11(4-6-15)16(17)14-9-12-8-13(12)10-14/h3-6,12-14,16-17H,2,7-10H2,1H3. The third-order valence-electron chi connectivity index (χ3n) is 4.42. The summed E-state index contributed by atoms with van der Waals surface area (Å²) < 4.78 is 5.56. The van der Waals surface area contributed by atoms with Crippen LogP contribution in [0.5, 0.6) is 5.75 Å². The van der Waals surface area contributed by atoms with E-state index in [0.717, 1.165) is 36.2 Å². The minimum absolute atomic E-state index is 0.280. The lowest BCUT2D eigenvalue weighted by Gasteiger charge is -2.20. The molecule has 2 saturated carbocycles. The highest BCUT2D eigenvalue weighted by molar-refractivity contribution is 5.29. The van der Waals surface area contributed by atoms with Gasteiger partial charge in [0.15, 0.2) is 0 Å². The molecule has 3 atom stereocenters. The second-order valence-electron chi connectivity index (χ2n) is 5.85. The van der Waals surface area contributed by atoms with Crippen LogP contribution in [0, 0.1) is 17.8 Å². The number of aliphatic hydroxyl groups excluding tert-OH is 1. The van der Waals surface area contributed by atoms with Gasteiger partial charge in [0, 0.05) is 0 Å². The van der Waals surface area contributed by atoms with E-state index in [9.17, 15) is 5.11 Å². The first-order valence-corrected chi connectivity index (χ1v) is 7.18. The zero-order valence-corrected chi connectivity index (χ0v) is 11.0. The average Bonchev–Trinajstić information content (AvgIpc) is 3.03. The molecule has 2 aliphatic rings. The molecule has 0 radical (unpaired) electrons. The van der Waals surface area contributed by atoms with E-state index in [-0.39, 0.29) is 6.10 Å². The molecule has 0 spiro atoms. The molecule has 2 nitrogen and oxygen atoms in total. The maximum Gasteiger partial charge on any atom is 0.119 e. The van der Waals surface area contributed by atoms with Gasteiger partial charge < -0.3 is 9.84 Å². The third-order valence-corrected chi connectivity index (χ3v) is 4.42. The van der Waals surface area contributed by atoms with E-state index in [2.05, 4.69) is 6.92 Å². The van der Waals surface area contributed by atoms with E-state index >= 15 is 0 Å². The van der Waals surface area contributed by atoms with Gasteiger partial charge >= 0.3 is 0 Å². The largest absolute Gasteiger partial charge is 0.494 e. The molecule has 98 valence electrons. The molecule has 1 N–H and O–H groups in total. The molecule has 1 aromatic carbocycles. The molecule has 2 heteroatoms.